The SMILES string of the molecule is C/C(=C\COC(C)c1ccccc1)CCC=C(Cl)Cl. The summed E-state index contributed by atoms with van der Waals surface area (Å²) in [5.41, 5.74) is 2.48. The molecule has 0 radical (unpaired) electrons. The first-order chi connectivity index (χ1) is 9.09. The van der Waals surface area contributed by atoms with Gasteiger partial charge >= 0.3 is 0 Å². The van der Waals surface area contributed by atoms with E-state index in [9.17, 15) is 0 Å². The minimum atomic E-state index is 0.113. The van der Waals surface area contributed by atoms with Gasteiger partial charge in [0.2, 0.25) is 0 Å². The summed E-state index contributed by atoms with van der Waals surface area (Å²) in [6.45, 7) is 4.78. The van der Waals surface area contributed by atoms with Gasteiger partial charge in [-0.15, -0.1) is 0 Å². The molecule has 0 aliphatic heterocycles. The van der Waals surface area contributed by atoms with Gasteiger partial charge in [0.15, 0.2) is 0 Å². The van der Waals surface area contributed by atoms with E-state index in [1.165, 1.54) is 11.1 Å². The maximum absolute atomic E-state index is 5.78. The Morgan fingerprint density at radius 2 is 1.89 bits per heavy atom. The average molecular weight is 299 g/mol. The first-order valence-corrected chi connectivity index (χ1v) is 7.18. The van der Waals surface area contributed by atoms with E-state index in [1.807, 2.05) is 24.3 Å². The van der Waals surface area contributed by atoms with Gasteiger partial charge in [-0.2, -0.15) is 0 Å². The summed E-state index contributed by atoms with van der Waals surface area (Å²) < 4.78 is 6.12. The van der Waals surface area contributed by atoms with Gasteiger partial charge in [0, 0.05) is 0 Å². The lowest BCUT2D eigenvalue weighted by atomic mass is 10.1. The van der Waals surface area contributed by atoms with Gasteiger partial charge in [0.05, 0.1) is 12.7 Å². The summed E-state index contributed by atoms with van der Waals surface area (Å²) in [7, 11) is 0. The predicted molar refractivity (Wildman–Crippen MR) is 83.6 cm³/mol. The lowest BCUT2D eigenvalue weighted by Gasteiger charge is -2.12. The normalized spacial score (nSPS) is 13.2. The van der Waals surface area contributed by atoms with Crippen LogP contribution in [0.2, 0.25) is 0 Å². The topological polar surface area (TPSA) is 9.23 Å². The fourth-order valence-corrected chi connectivity index (χ4v) is 1.88. The molecule has 1 rings (SSSR count). The fourth-order valence-electron chi connectivity index (χ4n) is 1.67. The Morgan fingerprint density at radius 3 is 2.53 bits per heavy atom. The standard InChI is InChI=1S/C16H20Cl2O/c1-13(7-6-10-16(17)18)11-12-19-14(2)15-8-4-3-5-9-15/h3-5,8-11,14H,6-7,12H2,1-2H3/b13-11+. The minimum absolute atomic E-state index is 0.113. The van der Waals surface area contributed by atoms with Crippen molar-refractivity contribution in [1.82, 2.24) is 0 Å². The van der Waals surface area contributed by atoms with Crippen LogP contribution in [-0.4, -0.2) is 6.61 Å². The third-order valence-electron chi connectivity index (χ3n) is 2.88. The second-order valence-electron chi connectivity index (χ2n) is 4.47. The van der Waals surface area contributed by atoms with Crippen molar-refractivity contribution in [1.29, 1.82) is 0 Å². The van der Waals surface area contributed by atoms with Crippen LogP contribution in [0.3, 0.4) is 0 Å². The van der Waals surface area contributed by atoms with Gasteiger partial charge in [-0.25, -0.2) is 0 Å². The highest BCUT2D eigenvalue weighted by atomic mass is 35.5. The quantitative estimate of drug-likeness (QED) is 0.577. The van der Waals surface area contributed by atoms with Crippen LogP contribution in [0.4, 0.5) is 0 Å². The number of ether oxygens (including phenoxy) is 1. The van der Waals surface area contributed by atoms with Crippen LogP contribution in [0.25, 0.3) is 0 Å². The van der Waals surface area contributed by atoms with Gasteiger partial charge in [0.1, 0.15) is 4.49 Å². The van der Waals surface area contributed by atoms with Crippen molar-refractivity contribution in [3.63, 3.8) is 0 Å². The summed E-state index contributed by atoms with van der Waals surface area (Å²) in [5, 5.41) is 0. The number of allylic oxidation sites excluding steroid dienone is 2. The van der Waals surface area contributed by atoms with Crippen LogP contribution < -0.4 is 0 Å². The maximum atomic E-state index is 5.78. The molecule has 1 aromatic carbocycles. The Hall–Kier alpha value is -0.760. The summed E-state index contributed by atoms with van der Waals surface area (Å²) >= 11 is 11.1. The molecule has 1 aromatic rings. The zero-order chi connectivity index (χ0) is 14.1. The van der Waals surface area contributed by atoms with E-state index in [0.29, 0.717) is 11.1 Å². The Bertz CT molecular complexity index is 420. The van der Waals surface area contributed by atoms with Gasteiger partial charge in [-0.05, 0) is 32.3 Å². The Labute approximate surface area is 125 Å². The van der Waals surface area contributed by atoms with E-state index in [2.05, 4.69) is 32.1 Å². The molecule has 0 fully saturated rings. The molecule has 0 amide bonds. The van der Waals surface area contributed by atoms with E-state index in [4.69, 9.17) is 27.9 Å². The molecule has 3 heteroatoms. The zero-order valence-corrected chi connectivity index (χ0v) is 12.9. The molecule has 0 heterocycles. The Morgan fingerprint density at radius 1 is 1.21 bits per heavy atom. The van der Waals surface area contributed by atoms with Crippen LogP contribution >= 0.6 is 23.2 Å². The number of hydrogen-bond acceptors (Lipinski definition) is 1. The number of hydrogen-bond donors (Lipinski definition) is 0. The molecular weight excluding hydrogens is 279 g/mol. The van der Waals surface area contributed by atoms with E-state index in [-0.39, 0.29) is 6.10 Å². The molecule has 0 aliphatic rings. The van der Waals surface area contributed by atoms with Crippen LogP contribution in [0.15, 0.2) is 52.5 Å². The molecule has 0 aliphatic carbocycles. The number of halogens is 2. The molecule has 19 heavy (non-hydrogen) atoms. The van der Waals surface area contributed by atoms with Crippen molar-refractivity contribution in [2.24, 2.45) is 0 Å². The van der Waals surface area contributed by atoms with Crippen LogP contribution in [-0.2, 0) is 4.74 Å². The predicted octanol–water partition coefficient (Wildman–Crippen LogP) is 5.81. The van der Waals surface area contributed by atoms with Gasteiger partial charge in [0.25, 0.3) is 0 Å². The van der Waals surface area contributed by atoms with E-state index < -0.39 is 0 Å². The number of benzene rings is 1. The fraction of sp³-hybridized carbons (Fsp3) is 0.375. The van der Waals surface area contributed by atoms with Gasteiger partial charge in [-0.1, -0.05) is 71.3 Å². The monoisotopic (exact) mass is 298 g/mol. The molecule has 1 atom stereocenters. The summed E-state index contributed by atoms with van der Waals surface area (Å²) in [5.74, 6) is 0. The second kappa shape index (κ2) is 9.19. The van der Waals surface area contributed by atoms with Crippen molar-refractivity contribution in [2.75, 3.05) is 6.61 Å². The molecule has 0 N–H and O–H groups in total. The molecule has 0 saturated heterocycles. The van der Waals surface area contributed by atoms with E-state index in [0.717, 1.165) is 12.8 Å². The number of rotatable bonds is 7. The molecular formula is C16H20Cl2O. The third-order valence-corrected chi connectivity index (χ3v) is 3.19. The van der Waals surface area contributed by atoms with Crippen molar-refractivity contribution in [2.45, 2.75) is 32.8 Å². The molecule has 0 aromatic heterocycles. The van der Waals surface area contributed by atoms with Crippen molar-refractivity contribution in [3.8, 4) is 0 Å². The highest BCUT2D eigenvalue weighted by molar-refractivity contribution is 6.55. The minimum Gasteiger partial charge on any atom is -0.370 e. The van der Waals surface area contributed by atoms with E-state index >= 15 is 0 Å². The van der Waals surface area contributed by atoms with Crippen LogP contribution in [0, 0.1) is 0 Å². The zero-order valence-electron chi connectivity index (χ0n) is 11.4. The van der Waals surface area contributed by atoms with Crippen molar-refractivity contribution < 1.29 is 4.74 Å². The highest BCUT2D eigenvalue weighted by Gasteiger charge is 2.03. The maximum Gasteiger partial charge on any atom is 0.102 e. The lowest BCUT2D eigenvalue weighted by molar-refractivity contribution is 0.0882. The molecule has 1 nitrogen and oxygen atoms in total. The highest BCUT2D eigenvalue weighted by Crippen LogP contribution is 2.16. The van der Waals surface area contributed by atoms with Crippen molar-refractivity contribution in [3.05, 3.63) is 58.1 Å². The average Bonchev–Trinajstić information content (AvgIpc) is 2.39. The lowest BCUT2D eigenvalue weighted by Crippen LogP contribution is -2.00. The van der Waals surface area contributed by atoms with E-state index in [1.54, 1.807) is 0 Å². The molecule has 0 bridgehead atoms. The van der Waals surface area contributed by atoms with Crippen molar-refractivity contribution >= 4 is 23.2 Å². The Kier molecular flexibility index (Phi) is 7.88. The molecule has 0 spiro atoms. The summed E-state index contributed by atoms with van der Waals surface area (Å²) in [6, 6.07) is 10.2. The van der Waals surface area contributed by atoms with Gasteiger partial charge in [-0.3, -0.25) is 0 Å². The molecule has 1 unspecified atom stereocenters. The smallest absolute Gasteiger partial charge is 0.102 e. The Balaban J connectivity index is 2.30. The largest absolute Gasteiger partial charge is 0.370 e. The molecule has 0 saturated carbocycles. The third kappa shape index (κ3) is 7.41. The second-order valence-corrected chi connectivity index (χ2v) is 5.48. The van der Waals surface area contributed by atoms with Gasteiger partial charge < -0.3 is 4.74 Å². The van der Waals surface area contributed by atoms with Crippen LogP contribution in [0.5, 0.6) is 0 Å². The molecule has 104 valence electrons. The summed E-state index contributed by atoms with van der Waals surface area (Å²) in [6.07, 6.45) is 5.84. The summed E-state index contributed by atoms with van der Waals surface area (Å²) in [4.78, 5) is 0. The van der Waals surface area contributed by atoms with Crippen LogP contribution in [0.1, 0.15) is 38.4 Å². The first kappa shape index (κ1) is 16.3. The first-order valence-electron chi connectivity index (χ1n) is 6.43.